The Morgan fingerprint density at radius 1 is 1.00 bits per heavy atom. The maximum absolute atomic E-state index is 11.2. The number of rotatable bonds is 4. The van der Waals surface area contributed by atoms with E-state index >= 15 is 0 Å². The number of amides is 2. The Morgan fingerprint density at radius 3 is 2.30 bits per heavy atom. The molecular weight excluding hydrogens is 250 g/mol. The van der Waals surface area contributed by atoms with Gasteiger partial charge < -0.3 is 16.0 Å². The molecule has 2 amide bonds. The standard InChI is InChI=1S/C16H19N3O/c1-12-5-3-4-6-13(12)11-18-14-7-9-15(10-8-14)19-16(20)17-2/h3-10,18H,11H2,1-2H3,(H2,17,19,20). The van der Waals surface area contributed by atoms with Crippen LogP contribution in [-0.2, 0) is 6.54 Å². The molecule has 0 aliphatic heterocycles. The topological polar surface area (TPSA) is 53.2 Å². The van der Waals surface area contributed by atoms with Crippen molar-refractivity contribution in [1.82, 2.24) is 5.32 Å². The third-order valence-electron chi connectivity index (χ3n) is 3.11. The van der Waals surface area contributed by atoms with Crippen molar-refractivity contribution >= 4 is 17.4 Å². The van der Waals surface area contributed by atoms with Gasteiger partial charge in [0.05, 0.1) is 0 Å². The predicted molar refractivity (Wildman–Crippen MR) is 83.0 cm³/mol. The summed E-state index contributed by atoms with van der Waals surface area (Å²) in [4.78, 5) is 11.2. The fraction of sp³-hybridized carbons (Fsp3) is 0.188. The molecule has 0 aliphatic carbocycles. The summed E-state index contributed by atoms with van der Waals surface area (Å²) < 4.78 is 0. The normalized spacial score (nSPS) is 9.90. The van der Waals surface area contributed by atoms with E-state index in [1.807, 2.05) is 36.4 Å². The van der Waals surface area contributed by atoms with Crippen molar-refractivity contribution in [2.24, 2.45) is 0 Å². The van der Waals surface area contributed by atoms with Crippen LogP contribution in [-0.4, -0.2) is 13.1 Å². The summed E-state index contributed by atoms with van der Waals surface area (Å²) in [7, 11) is 1.59. The van der Waals surface area contributed by atoms with E-state index in [0.29, 0.717) is 0 Å². The number of carbonyl (C=O) groups is 1. The summed E-state index contributed by atoms with van der Waals surface area (Å²) in [5, 5.41) is 8.61. The third-order valence-corrected chi connectivity index (χ3v) is 3.11. The highest BCUT2D eigenvalue weighted by Gasteiger charge is 2.00. The fourth-order valence-electron chi connectivity index (χ4n) is 1.87. The van der Waals surface area contributed by atoms with Gasteiger partial charge >= 0.3 is 6.03 Å². The number of carbonyl (C=O) groups excluding carboxylic acids is 1. The van der Waals surface area contributed by atoms with Crippen LogP contribution in [0.2, 0.25) is 0 Å². The first-order valence-electron chi connectivity index (χ1n) is 6.56. The van der Waals surface area contributed by atoms with E-state index in [-0.39, 0.29) is 6.03 Å². The molecule has 2 rings (SSSR count). The summed E-state index contributed by atoms with van der Waals surface area (Å²) in [6.45, 7) is 2.89. The van der Waals surface area contributed by atoms with E-state index < -0.39 is 0 Å². The van der Waals surface area contributed by atoms with Crippen molar-refractivity contribution in [2.45, 2.75) is 13.5 Å². The Balaban J connectivity index is 1.94. The van der Waals surface area contributed by atoms with Crippen molar-refractivity contribution in [3.05, 3.63) is 59.7 Å². The number of anilines is 2. The third kappa shape index (κ3) is 3.75. The summed E-state index contributed by atoms with van der Waals surface area (Å²) >= 11 is 0. The van der Waals surface area contributed by atoms with Crippen LogP contribution in [0, 0.1) is 6.92 Å². The Labute approximate surface area is 119 Å². The minimum atomic E-state index is -0.217. The van der Waals surface area contributed by atoms with Crippen LogP contribution in [0.25, 0.3) is 0 Å². The average molecular weight is 269 g/mol. The SMILES string of the molecule is CNC(=O)Nc1ccc(NCc2ccccc2C)cc1. The number of benzene rings is 2. The Kier molecular flexibility index (Phi) is 4.60. The molecule has 0 heterocycles. The second kappa shape index (κ2) is 6.61. The first-order valence-corrected chi connectivity index (χ1v) is 6.56. The number of hydrogen-bond donors (Lipinski definition) is 3. The second-order valence-electron chi connectivity index (χ2n) is 4.56. The molecule has 0 atom stereocenters. The maximum Gasteiger partial charge on any atom is 0.318 e. The van der Waals surface area contributed by atoms with Gasteiger partial charge in [0.2, 0.25) is 0 Å². The average Bonchev–Trinajstić information content (AvgIpc) is 2.48. The predicted octanol–water partition coefficient (Wildman–Crippen LogP) is 3.36. The van der Waals surface area contributed by atoms with Gasteiger partial charge in [-0.1, -0.05) is 24.3 Å². The van der Waals surface area contributed by atoms with E-state index in [1.54, 1.807) is 7.05 Å². The molecule has 4 nitrogen and oxygen atoms in total. The fourth-order valence-corrected chi connectivity index (χ4v) is 1.87. The second-order valence-corrected chi connectivity index (χ2v) is 4.56. The number of urea groups is 1. The van der Waals surface area contributed by atoms with Crippen molar-refractivity contribution in [2.75, 3.05) is 17.7 Å². The highest BCUT2D eigenvalue weighted by Crippen LogP contribution is 2.15. The highest BCUT2D eigenvalue weighted by molar-refractivity contribution is 5.89. The molecule has 2 aromatic rings. The minimum absolute atomic E-state index is 0.217. The molecule has 4 heteroatoms. The van der Waals surface area contributed by atoms with Crippen molar-refractivity contribution in [3.8, 4) is 0 Å². The molecule has 0 spiro atoms. The Hall–Kier alpha value is -2.49. The summed E-state index contributed by atoms with van der Waals surface area (Å²) in [5.74, 6) is 0. The Morgan fingerprint density at radius 2 is 1.65 bits per heavy atom. The lowest BCUT2D eigenvalue weighted by atomic mass is 10.1. The van der Waals surface area contributed by atoms with E-state index in [4.69, 9.17) is 0 Å². The summed E-state index contributed by atoms with van der Waals surface area (Å²) in [6.07, 6.45) is 0. The van der Waals surface area contributed by atoms with E-state index in [2.05, 4.69) is 35.0 Å². The molecule has 0 fully saturated rings. The lowest BCUT2D eigenvalue weighted by molar-refractivity contribution is 0.254. The van der Waals surface area contributed by atoms with Gasteiger partial charge in [-0.2, -0.15) is 0 Å². The maximum atomic E-state index is 11.2. The van der Waals surface area contributed by atoms with Crippen LogP contribution in [0.4, 0.5) is 16.2 Å². The molecule has 0 saturated heterocycles. The number of nitrogens with one attached hydrogen (secondary N) is 3. The van der Waals surface area contributed by atoms with Crippen molar-refractivity contribution in [3.63, 3.8) is 0 Å². The number of hydrogen-bond acceptors (Lipinski definition) is 2. The molecule has 0 unspecified atom stereocenters. The monoisotopic (exact) mass is 269 g/mol. The van der Waals surface area contributed by atoms with Gasteiger partial charge in [0, 0.05) is 25.0 Å². The van der Waals surface area contributed by atoms with Gasteiger partial charge in [0.25, 0.3) is 0 Å². The molecule has 0 bridgehead atoms. The molecular formula is C16H19N3O. The molecule has 3 N–H and O–H groups in total. The Bertz CT molecular complexity index is 579. The summed E-state index contributed by atoms with van der Waals surface area (Å²) in [6, 6.07) is 15.7. The first-order chi connectivity index (χ1) is 9.69. The van der Waals surface area contributed by atoms with Gasteiger partial charge in [-0.25, -0.2) is 4.79 Å². The van der Waals surface area contributed by atoms with Gasteiger partial charge in [0.1, 0.15) is 0 Å². The quantitative estimate of drug-likeness (QED) is 0.797. The molecule has 104 valence electrons. The van der Waals surface area contributed by atoms with Crippen molar-refractivity contribution in [1.29, 1.82) is 0 Å². The van der Waals surface area contributed by atoms with Crippen LogP contribution in [0.3, 0.4) is 0 Å². The lowest BCUT2D eigenvalue weighted by Gasteiger charge is -2.10. The van der Waals surface area contributed by atoms with Crippen LogP contribution in [0.5, 0.6) is 0 Å². The van der Waals surface area contributed by atoms with Crippen LogP contribution >= 0.6 is 0 Å². The van der Waals surface area contributed by atoms with E-state index in [0.717, 1.165) is 17.9 Å². The largest absolute Gasteiger partial charge is 0.381 e. The molecule has 2 aromatic carbocycles. The highest BCUT2D eigenvalue weighted by atomic mass is 16.2. The van der Waals surface area contributed by atoms with Crippen LogP contribution in [0.1, 0.15) is 11.1 Å². The zero-order chi connectivity index (χ0) is 14.4. The summed E-state index contributed by atoms with van der Waals surface area (Å²) in [5.41, 5.74) is 4.35. The zero-order valence-electron chi connectivity index (χ0n) is 11.7. The molecule has 0 aromatic heterocycles. The van der Waals surface area contributed by atoms with E-state index in [9.17, 15) is 4.79 Å². The van der Waals surface area contributed by atoms with Gasteiger partial charge in [-0.15, -0.1) is 0 Å². The number of aryl methyl sites for hydroxylation is 1. The van der Waals surface area contributed by atoms with Gasteiger partial charge in [-0.3, -0.25) is 0 Å². The lowest BCUT2D eigenvalue weighted by Crippen LogP contribution is -2.24. The van der Waals surface area contributed by atoms with E-state index in [1.165, 1.54) is 11.1 Å². The van der Waals surface area contributed by atoms with Crippen LogP contribution < -0.4 is 16.0 Å². The zero-order valence-corrected chi connectivity index (χ0v) is 11.7. The molecule has 0 aliphatic rings. The molecule has 20 heavy (non-hydrogen) atoms. The first kappa shape index (κ1) is 13.9. The van der Waals surface area contributed by atoms with Gasteiger partial charge in [-0.05, 0) is 42.3 Å². The molecule has 0 radical (unpaired) electrons. The molecule has 0 saturated carbocycles. The minimum Gasteiger partial charge on any atom is -0.381 e. The van der Waals surface area contributed by atoms with Crippen molar-refractivity contribution < 1.29 is 4.79 Å². The van der Waals surface area contributed by atoms with Crippen LogP contribution in [0.15, 0.2) is 48.5 Å². The smallest absolute Gasteiger partial charge is 0.318 e. The van der Waals surface area contributed by atoms with Gasteiger partial charge in [0.15, 0.2) is 0 Å².